The first-order chi connectivity index (χ1) is 14.2. The molecule has 0 bridgehead atoms. The number of fused-ring (bicyclic) bond motifs is 1. The normalized spacial score (nSPS) is 16.8. The number of piperazine rings is 1. The number of carbonyl (C=O) groups excluding carboxylic acids is 1. The molecule has 1 saturated heterocycles. The molecule has 0 atom stereocenters. The maximum absolute atomic E-state index is 12.6. The SMILES string of the molecule is COc1ccc(C[NH+]2CCN(C(=O)/C=C/c3ccc4c(c3)OCCO4)CC2)cc1. The molecule has 29 heavy (non-hydrogen) atoms. The van der Waals surface area contributed by atoms with E-state index in [9.17, 15) is 4.79 Å². The molecule has 2 aromatic rings. The number of hydrogen-bond acceptors (Lipinski definition) is 4. The van der Waals surface area contributed by atoms with Crippen molar-refractivity contribution in [1.82, 2.24) is 4.90 Å². The Balaban J connectivity index is 1.28. The summed E-state index contributed by atoms with van der Waals surface area (Å²) in [5.41, 5.74) is 2.23. The number of carbonyl (C=O) groups is 1. The second kappa shape index (κ2) is 9.01. The van der Waals surface area contributed by atoms with Crippen molar-refractivity contribution in [1.29, 1.82) is 0 Å². The molecule has 2 aliphatic rings. The fraction of sp³-hybridized carbons (Fsp3) is 0.348. The molecule has 1 fully saturated rings. The lowest BCUT2D eigenvalue weighted by Gasteiger charge is -2.31. The predicted octanol–water partition coefficient (Wildman–Crippen LogP) is 1.41. The Kier molecular flexibility index (Phi) is 6.00. The van der Waals surface area contributed by atoms with Gasteiger partial charge in [-0.15, -0.1) is 0 Å². The number of methoxy groups -OCH3 is 1. The quantitative estimate of drug-likeness (QED) is 0.778. The van der Waals surface area contributed by atoms with Gasteiger partial charge in [-0.05, 0) is 48.0 Å². The van der Waals surface area contributed by atoms with Crippen molar-refractivity contribution in [3.63, 3.8) is 0 Å². The zero-order valence-electron chi connectivity index (χ0n) is 16.7. The van der Waals surface area contributed by atoms with Crippen LogP contribution in [0.3, 0.4) is 0 Å². The van der Waals surface area contributed by atoms with Crippen molar-refractivity contribution < 1.29 is 23.9 Å². The lowest BCUT2D eigenvalue weighted by Crippen LogP contribution is -3.13. The molecule has 0 saturated carbocycles. The van der Waals surface area contributed by atoms with Crippen LogP contribution in [0.4, 0.5) is 0 Å². The molecule has 2 aromatic carbocycles. The first-order valence-corrected chi connectivity index (χ1v) is 10.0. The smallest absolute Gasteiger partial charge is 0.246 e. The minimum Gasteiger partial charge on any atom is -0.497 e. The van der Waals surface area contributed by atoms with Gasteiger partial charge in [-0.3, -0.25) is 4.79 Å². The summed E-state index contributed by atoms with van der Waals surface area (Å²) in [5.74, 6) is 2.43. The van der Waals surface area contributed by atoms with E-state index in [4.69, 9.17) is 14.2 Å². The standard InChI is InChI=1S/C23H26N2O4/c1-27-20-6-2-19(3-7-20)17-24-10-12-25(13-11-24)23(26)9-5-18-4-8-21-22(16-18)29-15-14-28-21/h2-9,16H,10-15,17H2,1H3/p+1/b9-5+. The average molecular weight is 395 g/mol. The molecule has 2 heterocycles. The second-order valence-electron chi connectivity index (χ2n) is 7.34. The van der Waals surface area contributed by atoms with Gasteiger partial charge in [-0.1, -0.05) is 6.07 Å². The van der Waals surface area contributed by atoms with Crippen LogP contribution in [0.1, 0.15) is 11.1 Å². The molecular formula is C23H27N2O4+. The Bertz CT molecular complexity index is 871. The van der Waals surface area contributed by atoms with Gasteiger partial charge in [0, 0.05) is 11.6 Å². The van der Waals surface area contributed by atoms with Crippen LogP contribution >= 0.6 is 0 Å². The molecular weight excluding hydrogens is 368 g/mol. The highest BCUT2D eigenvalue weighted by Crippen LogP contribution is 2.31. The first kappa shape index (κ1) is 19.3. The number of ether oxygens (including phenoxy) is 3. The van der Waals surface area contributed by atoms with Crippen LogP contribution < -0.4 is 19.1 Å². The van der Waals surface area contributed by atoms with E-state index in [-0.39, 0.29) is 5.91 Å². The van der Waals surface area contributed by atoms with Gasteiger partial charge in [-0.2, -0.15) is 0 Å². The molecule has 0 aliphatic carbocycles. The van der Waals surface area contributed by atoms with E-state index in [0.717, 1.165) is 55.5 Å². The van der Waals surface area contributed by atoms with E-state index in [2.05, 4.69) is 12.1 Å². The minimum atomic E-state index is 0.0587. The van der Waals surface area contributed by atoms with Crippen molar-refractivity contribution in [3.8, 4) is 17.2 Å². The summed E-state index contributed by atoms with van der Waals surface area (Å²) >= 11 is 0. The van der Waals surface area contributed by atoms with Gasteiger partial charge < -0.3 is 24.0 Å². The molecule has 152 valence electrons. The van der Waals surface area contributed by atoms with E-state index in [1.165, 1.54) is 10.5 Å². The van der Waals surface area contributed by atoms with Gasteiger partial charge in [0.1, 0.15) is 25.5 Å². The highest BCUT2D eigenvalue weighted by atomic mass is 16.6. The molecule has 2 aliphatic heterocycles. The van der Waals surface area contributed by atoms with E-state index in [1.54, 1.807) is 13.2 Å². The Labute approximate surface area is 171 Å². The third kappa shape index (κ3) is 4.90. The number of rotatable bonds is 5. The Hall–Kier alpha value is -2.99. The van der Waals surface area contributed by atoms with Crippen LogP contribution in [0.2, 0.25) is 0 Å². The first-order valence-electron chi connectivity index (χ1n) is 10.0. The monoisotopic (exact) mass is 395 g/mol. The summed E-state index contributed by atoms with van der Waals surface area (Å²) in [5, 5.41) is 0. The predicted molar refractivity (Wildman–Crippen MR) is 110 cm³/mol. The average Bonchev–Trinajstić information content (AvgIpc) is 2.78. The summed E-state index contributed by atoms with van der Waals surface area (Å²) in [6.45, 7) is 5.56. The summed E-state index contributed by atoms with van der Waals surface area (Å²) in [6.07, 6.45) is 3.50. The summed E-state index contributed by atoms with van der Waals surface area (Å²) in [4.78, 5) is 16.0. The Morgan fingerprint density at radius 3 is 2.52 bits per heavy atom. The van der Waals surface area contributed by atoms with Crippen LogP contribution in [0.25, 0.3) is 6.08 Å². The van der Waals surface area contributed by atoms with Crippen LogP contribution in [-0.2, 0) is 11.3 Å². The summed E-state index contributed by atoms with van der Waals surface area (Å²) < 4.78 is 16.3. The molecule has 6 heteroatoms. The lowest BCUT2D eigenvalue weighted by atomic mass is 10.1. The second-order valence-corrected chi connectivity index (χ2v) is 7.34. The zero-order chi connectivity index (χ0) is 20.1. The van der Waals surface area contributed by atoms with Gasteiger partial charge in [0.15, 0.2) is 11.5 Å². The van der Waals surface area contributed by atoms with Crippen LogP contribution in [-0.4, -0.2) is 57.3 Å². The highest BCUT2D eigenvalue weighted by molar-refractivity contribution is 5.91. The molecule has 0 unspecified atom stereocenters. The van der Waals surface area contributed by atoms with Crippen LogP contribution in [0.15, 0.2) is 48.5 Å². The van der Waals surface area contributed by atoms with Gasteiger partial charge in [0.2, 0.25) is 5.91 Å². The lowest BCUT2D eigenvalue weighted by molar-refractivity contribution is -0.917. The fourth-order valence-corrected chi connectivity index (χ4v) is 3.69. The van der Waals surface area contributed by atoms with Gasteiger partial charge in [0.05, 0.1) is 33.3 Å². The molecule has 1 N–H and O–H groups in total. The van der Waals surface area contributed by atoms with Crippen molar-refractivity contribution in [2.45, 2.75) is 6.54 Å². The third-order valence-corrected chi connectivity index (χ3v) is 5.38. The Morgan fingerprint density at radius 1 is 1.07 bits per heavy atom. The van der Waals surface area contributed by atoms with E-state index in [0.29, 0.717) is 13.2 Å². The minimum absolute atomic E-state index is 0.0587. The third-order valence-electron chi connectivity index (χ3n) is 5.38. The molecule has 0 spiro atoms. The summed E-state index contributed by atoms with van der Waals surface area (Å²) in [6, 6.07) is 14.0. The van der Waals surface area contributed by atoms with Gasteiger partial charge in [0.25, 0.3) is 0 Å². The molecule has 4 rings (SSSR count). The Morgan fingerprint density at radius 2 is 1.79 bits per heavy atom. The van der Waals surface area contributed by atoms with Gasteiger partial charge >= 0.3 is 0 Å². The number of quaternary nitrogens is 1. The summed E-state index contributed by atoms with van der Waals surface area (Å²) in [7, 11) is 1.68. The van der Waals surface area contributed by atoms with Crippen molar-refractivity contribution in [2.24, 2.45) is 0 Å². The van der Waals surface area contributed by atoms with E-state index < -0.39 is 0 Å². The van der Waals surface area contributed by atoms with Crippen LogP contribution in [0.5, 0.6) is 17.2 Å². The van der Waals surface area contributed by atoms with E-state index >= 15 is 0 Å². The number of nitrogens with one attached hydrogen (secondary N) is 1. The number of benzene rings is 2. The largest absolute Gasteiger partial charge is 0.497 e. The molecule has 0 radical (unpaired) electrons. The maximum atomic E-state index is 12.6. The van der Waals surface area contributed by atoms with E-state index in [1.807, 2.05) is 41.3 Å². The van der Waals surface area contributed by atoms with Crippen molar-refractivity contribution in [2.75, 3.05) is 46.5 Å². The maximum Gasteiger partial charge on any atom is 0.246 e. The highest BCUT2D eigenvalue weighted by Gasteiger charge is 2.22. The molecule has 0 aromatic heterocycles. The number of hydrogen-bond donors (Lipinski definition) is 1. The van der Waals surface area contributed by atoms with Crippen molar-refractivity contribution >= 4 is 12.0 Å². The van der Waals surface area contributed by atoms with Crippen molar-refractivity contribution in [3.05, 3.63) is 59.7 Å². The number of nitrogens with zero attached hydrogens (tertiary/aromatic N) is 1. The molecule has 6 nitrogen and oxygen atoms in total. The zero-order valence-corrected chi connectivity index (χ0v) is 16.7. The van der Waals surface area contributed by atoms with Gasteiger partial charge in [-0.25, -0.2) is 0 Å². The molecule has 1 amide bonds. The fourth-order valence-electron chi connectivity index (χ4n) is 3.69. The number of amides is 1. The topological polar surface area (TPSA) is 52.4 Å². The van der Waals surface area contributed by atoms with Crippen LogP contribution in [0, 0.1) is 0 Å².